The summed E-state index contributed by atoms with van der Waals surface area (Å²) in [6.45, 7) is -0.213. The molecule has 0 saturated heterocycles. The number of carboxylic acids is 1. The molecule has 48 valence electrons. The number of hydrogen-bond donors (Lipinski definition) is 3. The maximum absolute atomic E-state index is 9.73. The molecule has 4 N–H and O–H groups in total. The molecule has 0 aliphatic heterocycles. The minimum Gasteiger partial charge on any atom is -0.480 e. The largest absolute Gasteiger partial charge is 0.480 e. The van der Waals surface area contributed by atoms with Crippen LogP contribution in [0, 0.1) is 0 Å². The molecule has 0 saturated carbocycles. The van der Waals surface area contributed by atoms with Crippen LogP contribution in [0.3, 0.4) is 0 Å². The zero-order valence-electron chi connectivity index (χ0n) is 4.76. The van der Waals surface area contributed by atoms with Crippen molar-refractivity contribution in [3.8, 4) is 0 Å². The Balaban J connectivity index is 0. The van der Waals surface area contributed by atoms with Gasteiger partial charge in [0, 0.05) is 27.3 Å². The third kappa shape index (κ3) is 11.6. The predicted octanol–water partition coefficient (Wildman–Crippen LogP) is -1.10. The monoisotopic (exact) mass is 248 g/mol. The van der Waals surface area contributed by atoms with Crippen molar-refractivity contribution in [1.82, 2.24) is 5.32 Å². The van der Waals surface area contributed by atoms with Crippen molar-refractivity contribution in [3.63, 3.8) is 0 Å². The Hall–Kier alpha value is 0.0821. The summed E-state index contributed by atoms with van der Waals surface area (Å²) in [7, 11) is 0. The molecular weight excluding hydrogens is 241 g/mol. The SMILES string of the molecule is NC(=S)NCC(=O)O.[Cd]. The number of carbonyl (C=O) groups is 1. The summed E-state index contributed by atoms with van der Waals surface area (Å²) in [5, 5.41) is 10.2. The second kappa shape index (κ2) is 6.21. The van der Waals surface area contributed by atoms with Crippen molar-refractivity contribution in [3.05, 3.63) is 0 Å². The maximum atomic E-state index is 9.73. The zero-order valence-corrected chi connectivity index (χ0v) is 9.61. The van der Waals surface area contributed by atoms with E-state index in [-0.39, 0.29) is 39.0 Å². The summed E-state index contributed by atoms with van der Waals surface area (Å²) in [6.07, 6.45) is 0. The molecule has 0 heterocycles. The normalized spacial score (nSPS) is 7.11. The Morgan fingerprint density at radius 3 is 2.33 bits per heavy atom. The van der Waals surface area contributed by atoms with E-state index in [0.29, 0.717) is 0 Å². The maximum Gasteiger partial charge on any atom is 0.322 e. The van der Waals surface area contributed by atoms with Gasteiger partial charge in [-0.3, -0.25) is 4.79 Å². The summed E-state index contributed by atoms with van der Waals surface area (Å²) in [6, 6.07) is 0. The van der Waals surface area contributed by atoms with Crippen LogP contribution < -0.4 is 11.1 Å². The first-order chi connectivity index (χ1) is 3.63. The second-order valence-corrected chi connectivity index (χ2v) is 1.55. The summed E-state index contributed by atoms with van der Waals surface area (Å²) in [5.41, 5.74) is 4.90. The number of nitrogens with two attached hydrogens (primary N) is 1. The molecule has 4 nitrogen and oxygen atoms in total. The molecule has 0 fully saturated rings. The first kappa shape index (κ1) is 11.8. The van der Waals surface area contributed by atoms with Crippen LogP contribution in [0.1, 0.15) is 0 Å². The van der Waals surface area contributed by atoms with E-state index in [1.165, 1.54) is 0 Å². The average molecular weight is 247 g/mol. The Kier molecular flexibility index (Phi) is 8.16. The van der Waals surface area contributed by atoms with Gasteiger partial charge in [-0.05, 0) is 12.2 Å². The van der Waals surface area contributed by atoms with Crippen LogP contribution >= 0.6 is 12.2 Å². The zero-order chi connectivity index (χ0) is 6.57. The van der Waals surface area contributed by atoms with E-state index in [0.717, 1.165) is 0 Å². The fraction of sp³-hybridized carbons (Fsp3) is 0.333. The van der Waals surface area contributed by atoms with Gasteiger partial charge in [-0.2, -0.15) is 0 Å². The summed E-state index contributed by atoms with van der Waals surface area (Å²) in [4.78, 5) is 9.73. The van der Waals surface area contributed by atoms with Crippen LogP contribution in [0.5, 0.6) is 0 Å². The Morgan fingerprint density at radius 1 is 1.78 bits per heavy atom. The number of nitrogens with one attached hydrogen (secondary N) is 1. The number of hydrogen-bond acceptors (Lipinski definition) is 2. The van der Waals surface area contributed by atoms with Gasteiger partial charge in [0.1, 0.15) is 6.54 Å². The van der Waals surface area contributed by atoms with Gasteiger partial charge in [-0.1, -0.05) is 0 Å². The van der Waals surface area contributed by atoms with Gasteiger partial charge in [0.25, 0.3) is 0 Å². The van der Waals surface area contributed by atoms with Crippen LogP contribution in [0.15, 0.2) is 0 Å². The smallest absolute Gasteiger partial charge is 0.322 e. The standard InChI is InChI=1S/C3H6N2O2S.Cd/c4-3(8)5-1-2(6)7;/h1H2,(H,6,7)(H3,4,5,8);. The van der Waals surface area contributed by atoms with E-state index in [1.807, 2.05) is 0 Å². The summed E-state index contributed by atoms with van der Waals surface area (Å²) in [5.74, 6) is -0.974. The summed E-state index contributed by atoms with van der Waals surface area (Å²) < 4.78 is 0. The molecule has 9 heavy (non-hydrogen) atoms. The number of thiocarbonyl (C=S) groups is 1. The van der Waals surface area contributed by atoms with Gasteiger partial charge in [0.15, 0.2) is 5.11 Å². The Bertz CT molecular complexity index is 104. The van der Waals surface area contributed by atoms with Gasteiger partial charge >= 0.3 is 5.97 Å². The van der Waals surface area contributed by atoms with Gasteiger partial charge in [-0.15, -0.1) is 0 Å². The third-order valence-electron chi connectivity index (χ3n) is 0.414. The second-order valence-electron chi connectivity index (χ2n) is 1.11. The van der Waals surface area contributed by atoms with Crippen LogP contribution in [0.4, 0.5) is 0 Å². The summed E-state index contributed by atoms with van der Waals surface area (Å²) >= 11 is 4.32. The van der Waals surface area contributed by atoms with Crippen molar-refractivity contribution in [2.75, 3.05) is 6.54 Å². The number of aliphatic carboxylic acids is 1. The molecule has 0 spiro atoms. The molecule has 0 aromatic heterocycles. The fourth-order valence-electron chi connectivity index (χ4n) is 0.163. The molecule has 6 heteroatoms. The van der Waals surface area contributed by atoms with Crippen molar-refractivity contribution < 1.29 is 37.2 Å². The predicted molar refractivity (Wildman–Crippen MR) is 32.4 cm³/mol. The van der Waals surface area contributed by atoms with Crippen LogP contribution in [-0.2, 0) is 32.1 Å². The van der Waals surface area contributed by atoms with E-state index >= 15 is 0 Å². The quantitative estimate of drug-likeness (QED) is 0.426. The van der Waals surface area contributed by atoms with Gasteiger partial charge in [0.05, 0.1) is 0 Å². The van der Waals surface area contributed by atoms with Crippen molar-refractivity contribution in [2.45, 2.75) is 0 Å². The minimum atomic E-state index is -0.974. The first-order valence-corrected chi connectivity index (χ1v) is 2.29. The van der Waals surface area contributed by atoms with Crippen LogP contribution in [0.2, 0.25) is 0 Å². The topological polar surface area (TPSA) is 75.3 Å². The van der Waals surface area contributed by atoms with Gasteiger partial charge in [0.2, 0.25) is 0 Å². The molecule has 0 rings (SSSR count). The average Bonchev–Trinajstić information content (AvgIpc) is 1.61. The van der Waals surface area contributed by atoms with Gasteiger partial charge < -0.3 is 16.2 Å². The Morgan fingerprint density at radius 2 is 2.22 bits per heavy atom. The fourth-order valence-corrected chi connectivity index (χ4v) is 0.235. The molecule has 0 atom stereocenters. The van der Waals surface area contributed by atoms with Gasteiger partial charge in [-0.25, -0.2) is 0 Å². The number of carboxylic acid groups (broad SMARTS) is 1. The Labute approximate surface area is 78.0 Å². The van der Waals surface area contributed by atoms with Crippen molar-refractivity contribution in [1.29, 1.82) is 0 Å². The molecule has 0 radical (unpaired) electrons. The molecule has 0 aliphatic rings. The molecule has 0 bridgehead atoms. The van der Waals surface area contributed by atoms with E-state index in [1.54, 1.807) is 0 Å². The molecule has 0 aromatic carbocycles. The third-order valence-corrected chi connectivity index (χ3v) is 0.558. The minimum absolute atomic E-state index is 0. The first-order valence-electron chi connectivity index (χ1n) is 1.88. The molecule has 0 aromatic rings. The van der Waals surface area contributed by atoms with E-state index in [4.69, 9.17) is 10.8 Å². The van der Waals surface area contributed by atoms with E-state index in [2.05, 4.69) is 17.5 Å². The molecular formula is C3H6CdN2O2S. The van der Waals surface area contributed by atoms with Crippen LogP contribution in [0.25, 0.3) is 0 Å². The number of rotatable bonds is 2. The van der Waals surface area contributed by atoms with Crippen molar-refractivity contribution >= 4 is 23.3 Å². The molecule has 0 amide bonds. The van der Waals surface area contributed by atoms with Crippen LogP contribution in [-0.4, -0.2) is 22.7 Å². The molecule has 0 aliphatic carbocycles. The van der Waals surface area contributed by atoms with E-state index in [9.17, 15) is 4.79 Å². The van der Waals surface area contributed by atoms with E-state index < -0.39 is 5.97 Å². The molecule has 0 unspecified atom stereocenters. The van der Waals surface area contributed by atoms with Crippen molar-refractivity contribution in [2.24, 2.45) is 5.73 Å².